The fourth-order valence-electron chi connectivity index (χ4n) is 3.18. The SMILES string of the molecule is CC(=O)OC1(c2ccccc2)CCCN(C)CC1C. The van der Waals surface area contributed by atoms with Gasteiger partial charge in [0.2, 0.25) is 0 Å². The van der Waals surface area contributed by atoms with E-state index < -0.39 is 5.60 Å². The Morgan fingerprint density at radius 3 is 2.68 bits per heavy atom. The molecule has 1 aliphatic rings. The summed E-state index contributed by atoms with van der Waals surface area (Å²) in [6.07, 6.45) is 1.94. The molecular formula is C16H23NO2. The highest BCUT2D eigenvalue weighted by atomic mass is 16.6. The monoisotopic (exact) mass is 261 g/mol. The maximum atomic E-state index is 11.6. The molecule has 0 spiro atoms. The quantitative estimate of drug-likeness (QED) is 0.767. The Kier molecular flexibility index (Phi) is 4.25. The second kappa shape index (κ2) is 5.74. The van der Waals surface area contributed by atoms with Gasteiger partial charge in [-0.15, -0.1) is 0 Å². The second-order valence-corrected chi connectivity index (χ2v) is 5.62. The van der Waals surface area contributed by atoms with Gasteiger partial charge in [0.05, 0.1) is 0 Å². The average Bonchev–Trinajstić information content (AvgIpc) is 2.50. The minimum atomic E-state index is -0.474. The van der Waals surface area contributed by atoms with Crippen LogP contribution >= 0.6 is 0 Å². The van der Waals surface area contributed by atoms with Gasteiger partial charge in [-0.25, -0.2) is 0 Å². The van der Waals surface area contributed by atoms with Gasteiger partial charge in [0.25, 0.3) is 0 Å². The van der Waals surface area contributed by atoms with E-state index in [2.05, 4.69) is 31.0 Å². The number of benzene rings is 1. The van der Waals surface area contributed by atoms with Gasteiger partial charge in [-0.3, -0.25) is 4.79 Å². The molecule has 0 bridgehead atoms. The summed E-state index contributed by atoms with van der Waals surface area (Å²) in [5.41, 5.74) is 0.644. The van der Waals surface area contributed by atoms with Crippen LogP contribution in [0.4, 0.5) is 0 Å². The van der Waals surface area contributed by atoms with Crippen molar-refractivity contribution in [1.82, 2.24) is 4.90 Å². The zero-order valence-corrected chi connectivity index (χ0v) is 12.1. The predicted molar refractivity (Wildman–Crippen MR) is 75.8 cm³/mol. The molecule has 104 valence electrons. The lowest BCUT2D eigenvalue weighted by Crippen LogP contribution is -2.40. The van der Waals surface area contributed by atoms with Crippen molar-refractivity contribution in [3.8, 4) is 0 Å². The van der Waals surface area contributed by atoms with Crippen molar-refractivity contribution in [1.29, 1.82) is 0 Å². The molecule has 1 aromatic carbocycles. The van der Waals surface area contributed by atoms with Crippen molar-refractivity contribution in [3.05, 3.63) is 35.9 Å². The van der Waals surface area contributed by atoms with Crippen molar-refractivity contribution >= 4 is 5.97 Å². The number of hydrogen-bond donors (Lipinski definition) is 0. The minimum Gasteiger partial charge on any atom is -0.454 e. The third-order valence-electron chi connectivity index (χ3n) is 4.06. The highest BCUT2D eigenvalue weighted by Gasteiger charge is 2.42. The third kappa shape index (κ3) is 2.98. The summed E-state index contributed by atoms with van der Waals surface area (Å²) in [5.74, 6) is 0.0894. The molecule has 0 amide bonds. The Hall–Kier alpha value is -1.35. The molecule has 19 heavy (non-hydrogen) atoms. The van der Waals surface area contributed by atoms with Gasteiger partial charge in [-0.1, -0.05) is 37.3 Å². The molecule has 1 aliphatic heterocycles. The van der Waals surface area contributed by atoms with Crippen molar-refractivity contribution in [2.24, 2.45) is 5.92 Å². The van der Waals surface area contributed by atoms with E-state index in [-0.39, 0.29) is 11.9 Å². The smallest absolute Gasteiger partial charge is 0.303 e. The van der Waals surface area contributed by atoms with Gasteiger partial charge in [-0.05, 0) is 32.0 Å². The summed E-state index contributed by atoms with van der Waals surface area (Å²) in [6, 6.07) is 10.2. The van der Waals surface area contributed by atoms with Crippen LogP contribution in [0.25, 0.3) is 0 Å². The molecule has 2 rings (SSSR count). The van der Waals surface area contributed by atoms with Crippen molar-refractivity contribution in [3.63, 3.8) is 0 Å². The molecule has 3 nitrogen and oxygen atoms in total. The van der Waals surface area contributed by atoms with Crippen molar-refractivity contribution < 1.29 is 9.53 Å². The van der Waals surface area contributed by atoms with E-state index in [0.29, 0.717) is 0 Å². The molecule has 1 heterocycles. The van der Waals surface area contributed by atoms with Crippen LogP contribution in [0.15, 0.2) is 30.3 Å². The van der Waals surface area contributed by atoms with Crippen LogP contribution in [-0.2, 0) is 15.1 Å². The van der Waals surface area contributed by atoms with Gasteiger partial charge in [0.15, 0.2) is 0 Å². The van der Waals surface area contributed by atoms with Gasteiger partial charge in [0.1, 0.15) is 5.60 Å². The van der Waals surface area contributed by atoms with Gasteiger partial charge in [-0.2, -0.15) is 0 Å². The van der Waals surface area contributed by atoms with Crippen LogP contribution in [0.5, 0.6) is 0 Å². The first-order valence-corrected chi connectivity index (χ1v) is 6.98. The van der Waals surface area contributed by atoms with Crippen LogP contribution in [0.2, 0.25) is 0 Å². The third-order valence-corrected chi connectivity index (χ3v) is 4.06. The fraction of sp³-hybridized carbons (Fsp3) is 0.562. The summed E-state index contributed by atoms with van der Waals surface area (Å²) in [5, 5.41) is 0. The average molecular weight is 261 g/mol. The Labute approximate surface area is 115 Å². The summed E-state index contributed by atoms with van der Waals surface area (Å²) < 4.78 is 5.84. The maximum absolute atomic E-state index is 11.6. The molecule has 2 atom stereocenters. The number of carbonyl (C=O) groups excluding carboxylic acids is 1. The van der Waals surface area contributed by atoms with Gasteiger partial charge < -0.3 is 9.64 Å². The van der Waals surface area contributed by atoms with E-state index >= 15 is 0 Å². The Bertz CT molecular complexity index is 432. The first-order valence-electron chi connectivity index (χ1n) is 6.98. The number of carbonyl (C=O) groups is 1. The molecule has 0 N–H and O–H groups in total. The first kappa shape index (κ1) is 14.1. The Morgan fingerprint density at radius 2 is 2.05 bits per heavy atom. The summed E-state index contributed by atoms with van der Waals surface area (Å²) >= 11 is 0. The molecule has 0 aliphatic carbocycles. The molecule has 1 saturated heterocycles. The van der Waals surface area contributed by atoms with Crippen LogP contribution in [0, 0.1) is 5.92 Å². The minimum absolute atomic E-state index is 0.194. The lowest BCUT2D eigenvalue weighted by atomic mass is 9.79. The van der Waals surface area contributed by atoms with E-state index in [4.69, 9.17) is 4.74 Å². The number of nitrogens with zero attached hydrogens (tertiary/aromatic N) is 1. The molecule has 1 aromatic rings. The first-order chi connectivity index (χ1) is 9.04. The highest BCUT2D eigenvalue weighted by Crippen LogP contribution is 2.40. The number of hydrogen-bond acceptors (Lipinski definition) is 3. The lowest BCUT2D eigenvalue weighted by molar-refractivity contribution is -0.165. The van der Waals surface area contributed by atoms with E-state index in [9.17, 15) is 4.79 Å². The normalized spacial score (nSPS) is 28.7. The number of esters is 1. The standard InChI is InChI=1S/C16H23NO2/c1-13-12-17(3)11-7-10-16(13,19-14(2)18)15-8-5-4-6-9-15/h4-6,8-9,13H,7,10-12H2,1-3H3. The molecule has 1 fully saturated rings. The number of likely N-dealkylation sites (tertiary alicyclic amines) is 1. The van der Waals surface area contributed by atoms with E-state index in [1.165, 1.54) is 6.92 Å². The predicted octanol–water partition coefficient (Wildman–Crippen LogP) is 2.81. The van der Waals surface area contributed by atoms with Crippen molar-refractivity contribution in [2.75, 3.05) is 20.1 Å². The van der Waals surface area contributed by atoms with Crippen LogP contribution in [0.1, 0.15) is 32.3 Å². The largest absolute Gasteiger partial charge is 0.454 e. The second-order valence-electron chi connectivity index (χ2n) is 5.62. The number of ether oxygens (including phenoxy) is 1. The topological polar surface area (TPSA) is 29.5 Å². The highest BCUT2D eigenvalue weighted by molar-refractivity contribution is 5.67. The summed E-state index contributed by atoms with van der Waals surface area (Å²) in [6.45, 7) is 5.69. The van der Waals surface area contributed by atoms with E-state index in [0.717, 1.165) is 31.5 Å². The number of rotatable bonds is 2. The van der Waals surface area contributed by atoms with Crippen LogP contribution in [0.3, 0.4) is 0 Å². The zero-order valence-electron chi connectivity index (χ0n) is 12.1. The van der Waals surface area contributed by atoms with E-state index in [1.54, 1.807) is 0 Å². The van der Waals surface area contributed by atoms with Crippen LogP contribution in [-0.4, -0.2) is 31.0 Å². The van der Waals surface area contributed by atoms with Gasteiger partial charge in [0, 0.05) is 19.4 Å². The van der Waals surface area contributed by atoms with Crippen LogP contribution < -0.4 is 0 Å². The summed E-state index contributed by atoms with van der Waals surface area (Å²) in [4.78, 5) is 13.9. The molecule has 0 aromatic heterocycles. The van der Waals surface area contributed by atoms with E-state index in [1.807, 2.05) is 18.2 Å². The fourth-order valence-corrected chi connectivity index (χ4v) is 3.18. The molecule has 2 unspecified atom stereocenters. The van der Waals surface area contributed by atoms with Crippen molar-refractivity contribution in [2.45, 2.75) is 32.3 Å². The Morgan fingerprint density at radius 1 is 1.37 bits per heavy atom. The Balaban J connectivity index is 2.41. The molecule has 3 heteroatoms. The lowest BCUT2D eigenvalue weighted by Gasteiger charge is -2.38. The molecule has 0 saturated carbocycles. The maximum Gasteiger partial charge on any atom is 0.303 e. The summed E-state index contributed by atoms with van der Waals surface area (Å²) in [7, 11) is 2.13. The zero-order chi connectivity index (χ0) is 13.9. The molecular weight excluding hydrogens is 238 g/mol. The van der Waals surface area contributed by atoms with Gasteiger partial charge >= 0.3 is 5.97 Å². The molecule has 0 radical (unpaired) electrons.